The van der Waals surface area contributed by atoms with Crippen LogP contribution < -0.4 is 5.56 Å². The van der Waals surface area contributed by atoms with Crippen molar-refractivity contribution in [1.29, 1.82) is 0 Å². The monoisotopic (exact) mass is 492 g/mol. The van der Waals surface area contributed by atoms with Gasteiger partial charge in [-0.2, -0.15) is 5.10 Å². The van der Waals surface area contributed by atoms with Gasteiger partial charge in [0.2, 0.25) is 10.0 Å². The summed E-state index contributed by atoms with van der Waals surface area (Å²) >= 11 is 0. The van der Waals surface area contributed by atoms with E-state index in [4.69, 9.17) is 0 Å². The molecule has 0 spiro atoms. The highest BCUT2D eigenvalue weighted by atomic mass is 32.2. The molecule has 0 saturated heterocycles. The summed E-state index contributed by atoms with van der Waals surface area (Å²) in [5, 5.41) is 7.39. The van der Waals surface area contributed by atoms with Gasteiger partial charge < -0.3 is 4.98 Å². The topological polar surface area (TPSA) is 101 Å². The van der Waals surface area contributed by atoms with Crippen LogP contribution in [0.4, 0.5) is 4.39 Å². The first-order chi connectivity index (χ1) is 16.6. The minimum Gasteiger partial charge on any atom is -0.327 e. The maximum absolute atomic E-state index is 14.3. The van der Waals surface area contributed by atoms with Crippen molar-refractivity contribution in [2.24, 2.45) is 0 Å². The number of aromatic amines is 2. The van der Waals surface area contributed by atoms with Gasteiger partial charge in [0.05, 0.1) is 6.20 Å². The molecule has 3 unspecified atom stereocenters. The third-order valence-corrected chi connectivity index (χ3v) is 9.71. The number of hydrogen-bond donors (Lipinski definition) is 2. The van der Waals surface area contributed by atoms with E-state index < -0.39 is 26.2 Å². The first-order valence-electron chi connectivity index (χ1n) is 11.2. The molecule has 4 aromatic rings. The van der Waals surface area contributed by atoms with Crippen LogP contribution in [0.3, 0.4) is 0 Å². The van der Waals surface area contributed by atoms with E-state index in [2.05, 4.69) is 15.2 Å². The largest absolute Gasteiger partial charge is 0.327 e. The summed E-state index contributed by atoms with van der Waals surface area (Å²) in [6.45, 7) is 5.49. The van der Waals surface area contributed by atoms with E-state index in [1.807, 2.05) is 19.1 Å². The number of nitrogens with zero attached hydrogens (tertiary/aromatic N) is 2. The van der Waals surface area contributed by atoms with Crippen LogP contribution >= 0.6 is 0 Å². The molecule has 5 rings (SSSR count). The van der Waals surface area contributed by atoms with Gasteiger partial charge >= 0.3 is 0 Å². The molecule has 0 amide bonds. The molecular formula is C26H25FN4O3S. The van der Waals surface area contributed by atoms with Crippen LogP contribution in [0.1, 0.15) is 43.7 Å². The maximum atomic E-state index is 14.3. The summed E-state index contributed by atoms with van der Waals surface area (Å²) in [5.41, 5.74) is 2.78. The SMILES string of the molecule is CC1=CC(C(C)c2ccc(F)cc2)=CC(c2cn[nH]c2)C1(C)S(=O)(=O)n1ccc2cc[nH]c(=O)c21. The van der Waals surface area contributed by atoms with Gasteiger partial charge in [-0.15, -0.1) is 0 Å². The van der Waals surface area contributed by atoms with Crippen molar-refractivity contribution in [2.75, 3.05) is 0 Å². The van der Waals surface area contributed by atoms with Crippen LogP contribution in [-0.4, -0.2) is 32.3 Å². The molecule has 0 radical (unpaired) electrons. The van der Waals surface area contributed by atoms with Gasteiger partial charge in [-0.25, -0.2) is 16.8 Å². The minimum atomic E-state index is -4.12. The molecule has 1 aromatic carbocycles. The average molecular weight is 493 g/mol. The molecule has 1 aliphatic carbocycles. The van der Waals surface area contributed by atoms with E-state index >= 15 is 0 Å². The number of fused-ring (bicyclic) bond motifs is 1. The molecule has 0 saturated carbocycles. The highest BCUT2D eigenvalue weighted by Gasteiger charge is 2.51. The van der Waals surface area contributed by atoms with Gasteiger partial charge in [-0.05, 0) is 60.4 Å². The van der Waals surface area contributed by atoms with Crippen LogP contribution in [0.25, 0.3) is 10.9 Å². The average Bonchev–Trinajstić information content (AvgIpc) is 3.52. The Morgan fingerprint density at radius 2 is 1.91 bits per heavy atom. The molecule has 3 heterocycles. The molecule has 3 atom stereocenters. The second-order valence-electron chi connectivity index (χ2n) is 9.11. The molecular weight excluding hydrogens is 467 g/mol. The Labute approximate surface area is 202 Å². The quantitative estimate of drug-likeness (QED) is 0.425. The minimum absolute atomic E-state index is 0.0851. The van der Waals surface area contributed by atoms with E-state index in [0.717, 1.165) is 15.1 Å². The van der Waals surface area contributed by atoms with Gasteiger partial charge in [0.25, 0.3) is 5.56 Å². The lowest BCUT2D eigenvalue weighted by atomic mass is 9.75. The summed E-state index contributed by atoms with van der Waals surface area (Å²) in [5.74, 6) is -0.994. The van der Waals surface area contributed by atoms with Crippen LogP contribution in [0.5, 0.6) is 0 Å². The lowest BCUT2D eigenvalue weighted by Crippen LogP contribution is -2.46. The molecule has 180 valence electrons. The Kier molecular flexibility index (Phi) is 5.40. The lowest BCUT2D eigenvalue weighted by Gasteiger charge is -2.40. The van der Waals surface area contributed by atoms with Crippen molar-refractivity contribution in [3.8, 4) is 0 Å². The smallest absolute Gasteiger partial charge is 0.273 e. The summed E-state index contributed by atoms with van der Waals surface area (Å²) in [6.07, 6.45) is 10.1. The number of halogens is 1. The first-order valence-corrected chi connectivity index (χ1v) is 12.7. The predicted molar refractivity (Wildman–Crippen MR) is 133 cm³/mol. The van der Waals surface area contributed by atoms with Crippen molar-refractivity contribution in [2.45, 2.75) is 37.4 Å². The Morgan fingerprint density at radius 1 is 1.17 bits per heavy atom. The molecule has 35 heavy (non-hydrogen) atoms. The second-order valence-corrected chi connectivity index (χ2v) is 11.3. The fourth-order valence-corrected chi connectivity index (χ4v) is 6.98. The van der Waals surface area contributed by atoms with E-state index in [-0.39, 0.29) is 17.3 Å². The lowest BCUT2D eigenvalue weighted by molar-refractivity contribution is 0.522. The fourth-order valence-electron chi connectivity index (χ4n) is 4.93. The standard InChI is InChI=1S/C26H25FN4O3S/c1-16-12-20(17(2)18-4-6-22(27)7-5-18)13-23(21-14-29-30-15-21)26(16,3)35(33,34)31-11-9-19-8-10-28-25(32)24(19)31/h4-15,17,23H,1-3H3,(H,28,32)(H,29,30). The van der Waals surface area contributed by atoms with Crippen LogP contribution in [0.2, 0.25) is 0 Å². The maximum Gasteiger partial charge on any atom is 0.273 e. The van der Waals surface area contributed by atoms with Gasteiger partial charge in [0, 0.05) is 35.8 Å². The van der Waals surface area contributed by atoms with E-state index in [9.17, 15) is 17.6 Å². The van der Waals surface area contributed by atoms with Crippen molar-refractivity contribution < 1.29 is 12.8 Å². The van der Waals surface area contributed by atoms with Crippen molar-refractivity contribution in [3.05, 3.63) is 112 Å². The number of nitrogens with one attached hydrogen (secondary N) is 2. The number of pyridine rings is 1. The Hall–Kier alpha value is -3.72. The molecule has 3 aromatic heterocycles. The molecule has 7 nitrogen and oxygen atoms in total. The number of aromatic nitrogens is 4. The van der Waals surface area contributed by atoms with Crippen LogP contribution in [-0.2, 0) is 10.0 Å². The summed E-state index contributed by atoms with van der Waals surface area (Å²) < 4.78 is 41.8. The van der Waals surface area contributed by atoms with Crippen molar-refractivity contribution in [3.63, 3.8) is 0 Å². The number of H-pyrrole nitrogens is 2. The molecule has 0 bridgehead atoms. The predicted octanol–water partition coefficient (Wildman–Crippen LogP) is 4.60. The Bertz CT molecular complexity index is 1630. The number of allylic oxidation sites excluding steroid dienone is 3. The first kappa shape index (κ1) is 23.0. The van der Waals surface area contributed by atoms with Gasteiger partial charge in [0.1, 0.15) is 16.1 Å². The fraction of sp³-hybridized carbons (Fsp3) is 0.231. The molecule has 0 aliphatic heterocycles. The van der Waals surface area contributed by atoms with Crippen LogP contribution in [0.15, 0.2) is 89.3 Å². The zero-order chi connectivity index (χ0) is 25.0. The molecule has 9 heteroatoms. The number of benzene rings is 1. The van der Waals surface area contributed by atoms with E-state index in [1.165, 1.54) is 24.5 Å². The van der Waals surface area contributed by atoms with Gasteiger partial charge in [-0.3, -0.25) is 9.89 Å². The number of hydrogen-bond acceptors (Lipinski definition) is 4. The summed E-state index contributed by atoms with van der Waals surface area (Å²) in [7, 11) is -4.12. The van der Waals surface area contributed by atoms with Gasteiger partial charge in [0.15, 0.2) is 0 Å². The number of rotatable bonds is 5. The highest BCUT2D eigenvalue weighted by Crippen LogP contribution is 2.48. The third-order valence-electron chi connectivity index (χ3n) is 7.24. The van der Waals surface area contributed by atoms with Crippen LogP contribution in [0, 0.1) is 5.82 Å². The van der Waals surface area contributed by atoms with Crippen molar-refractivity contribution >= 4 is 20.9 Å². The summed E-state index contributed by atoms with van der Waals surface area (Å²) in [6, 6.07) is 9.60. The zero-order valence-corrected chi connectivity index (χ0v) is 20.3. The van der Waals surface area contributed by atoms with E-state index in [0.29, 0.717) is 16.5 Å². The molecule has 1 aliphatic rings. The normalized spacial score (nSPS) is 21.5. The summed E-state index contributed by atoms with van der Waals surface area (Å²) in [4.78, 5) is 15.2. The zero-order valence-electron chi connectivity index (χ0n) is 19.5. The Morgan fingerprint density at radius 3 is 2.60 bits per heavy atom. The van der Waals surface area contributed by atoms with Crippen molar-refractivity contribution in [1.82, 2.24) is 19.2 Å². The highest BCUT2D eigenvalue weighted by molar-refractivity contribution is 7.91. The van der Waals surface area contributed by atoms with Gasteiger partial charge in [-0.1, -0.05) is 31.2 Å². The molecule has 0 fully saturated rings. The Balaban J connectivity index is 1.69. The van der Waals surface area contributed by atoms with E-state index in [1.54, 1.807) is 50.5 Å². The molecule has 2 N–H and O–H groups in total. The third kappa shape index (κ3) is 3.49. The second kappa shape index (κ2) is 8.20.